The number of anilines is 2. The molecule has 0 spiro atoms. The zero-order valence-corrected chi connectivity index (χ0v) is 12.1. The van der Waals surface area contributed by atoms with Gasteiger partial charge < -0.3 is 21.1 Å². The summed E-state index contributed by atoms with van der Waals surface area (Å²) in [4.78, 5) is 21.2. The van der Waals surface area contributed by atoms with E-state index >= 15 is 0 Å². The van der Waals surface area contributed by atoms with E-state index in [-0.39, 0.29) is 5.54 Å². The molecule has 1 aliphatic heterocycles. The van der Waals surface area contributed by atoms with Gasteiger partial charge in [0.15, 0.2) is 0 Å². The molecule has 2 rings (SSSR count). The number of nitrogens with one attached hydrogen (secondary N) is 1. The fourth-order valence-electron chi connectivity index (χ4n) is 2.11. The molecule has 0 radical (unpaired) electrons. The third kappa shape index (κ3) is 3.25. The van der Waals surface area contributed by atoms with E-state index in [9.17, 15) is 4.79 Å². The summed E-state index contributed by atoms with van der Waals surface area (Å²) in [6, 6.07) is 0. The number of carbonyl (C=O) groups is 1. The van der Waals surface area contributed by atoms with Gasteiger partial charge in [-0.1, -0.05) is 0 Å². The van der Waals surface area contributed by atoms with Gasteiger partial charge in [0.05, 0.1) is 4.47 Å². The van der Waals surface area contributed by atoms with Crippen molar-refractivity contribution in [1.29, 1.82) is 0 Å². The average Bonchev–Trinajstić information content (AvgIpc) is 2.32. The van der Waals surface area contributed by atoms with Gasteiger partial charge in [0, 0.05) is 24.8 Å². The number of carboxylic acid groups (broad SMARTS) is 1. The molecule has 19 heavy (non-hydrogen) atoms. The van der Waals surface area contributed by atoms with Crippen molar-refractivity contribution in [1.82, 2.24) is 15.3 Å². The first kappa shape index (κ1) is 13.9. The van der Waals surface area contributed by atoms with Crippen LogP contribution in [-0.2, 0) is 0 Å². The maximum Gasteiger partial charge on any atom is 0.405 e. The number of amides is 1. The topological polar surface area (TPSA) is 104 Å². The number of aromatic nitrogens is 2. The van der Waals surface area contributed by atoms with E-state index in [4.69, 9.17) is 10.8 Å². The highest BCUT2D eigenvalue weighted by atomic mass is 79.9. The van der Waals surface area contributed by atoms with Gasteiger partial charge in [-0.3, -0.25) is 0 Å². The Bertz CT molecular complexity index is 488. The Kier molecular flexibility index (Phi) is 3.79. The zero-order chi connectivity index (χ0) is 14.0. The lowest BCUT2D eigenvalue weighted by Gasteiger charge is -2.39. The summed E-state index contributed by atoms with van der Waals surface area (Å²) in [7, 11) is 0. The molecule has 7 nitrogen and oxygen atoms in total. The molecule has 1 aromatic heterocycles. The van der Waals surface area contributed by atoms with Crippen LogP contribution in [0, 0.1) is 0 Å². The lowest BCUT2D eigenvalue weighted by molar-refractivity contribution is 0.173. The smallest absolute Gasteiger partial charge is 0.405 e. The molecular weight excluding hydrogens is 314 g/mol. The Labute approximate surface area is 119 Å². The first-order chi connectivity index (χ1) is 8.89. The van der Waals surface area contributed by atoms with Crippen LogP contribution in [-0.4, -0.2) is 39.8 Å². The van der Waals surface area contributed by atoms with Crippen LogP contribution in [0.5, 0.6) is 0 Å². The molecule has 1 saturated heterocycles. The van der Waals surface area contributed by atoms with Crippen LogP contribution in [0.4, 0.5) is 16.6 Å². The number of nitrogens with zero attached hydrogens (tertiary/aromatic N) is 3. The third-order valence-electron chi connectivity index (χ3n) is 3.32. The molecule has 2 heterocycles. The standard InChI is InChI=1S/C11H16BrN5O2/c1-11(16-10(18)19)2-4-17(5-3-11)9-14-6-7(12)8(13)15-9/h6,16H,2-5H2,1H3,(H,18,19)(H2,13,14,15). The van der Waals surface area contributed by atoms with Gasteiger partial charge in [-0.05, 0) is 35.7 Å². The Morgan fingerprint density at radius 2 is 2.21 bits per heavy atom. The second kappa shape index (κ2) is 5.20. The molecule has 1 aliphatic rings. The van der Waals surface area contributed by atoms with E-state index in [0.29, 0.717) is 42.2 Å². The van der Waals surface area contributed by atoms with E-state index in [0.717, 1.165) is 0 Å². The summed E-state index contributed by atoms with van der Waals surface area (Å²) in [5.41, 5.74) is 5.35. The minimum absolute atomic E-state index is 0.386. The number of rotatable bonds is 2. The molecule has 0 unspecified atom stereocenters. The van der Waals surface area contributed by atoms with Crippen molar-refractivity contribution in [3.8, 4) is 0 Å². The van der Waals surface area contributed by atoms with Crippen LogP contribution in [0.1, 0.15) is 19.8 Å². The minimum Gasteiger partial charge on any atom is -0.465 e. The monoisotopic (exact) mass is 329 g/mol. The predicted octanol–water partition coefficient (Wildman–Crippen LogP) is 1.45. The highest BCUT2D eigenvalue weighted by Crippen LogP contribution is 2.25. The van der Waals surface area contributed by atoms with Crippen LogP contribution in [0.25, 0.3) is 0 Å². The predicted molar refractivity (Wildman–Crippen MR) is 75.2 cm³/mol. The zero-order valence-electron chi connectivity index (χ0n) is 10.6. The largest absolute Gasteiger partial charge is 0.465 e. The van der Waals surface area contributed by atoms with Crippen molar-refractivity contribution in [2.75, 3.05) is 23.7 Å². The SMILES string of the molecule is CC1(NC(=O)O)CCN(c2ncc(Br)c(N)n2)CC1. The molecule has 0 aromatic carbocycles. The van der Waals surface area contributed by atoms with Gasteiger partial charge in [-0.15, -0.1) is 0 Å². The Hall–Kier alpha value is -1.57. The van der Waals surface area contributed by atoms with Crippen molar-refractivity contribution in [2.24, 2.45) is 0 Å². The normalized spacial score (nSPS) is 18.1. The molecule has 0 atom stereocenters. The summed E-state index contributed by atoms with van der Waals surface area (Å²) in [5.74, 6) is 0.986. The summed E-state index contributed by atoms with van der Waals surface area (Å²) in [5, 5.41) is 11.4. The molecule has 0 saturated carbocycles. The Balaban J connectivity index is 2.03. The number of piperidine rings is 1. The van der Waals surface area contributed by atoms with Crippen LogP contribution in [0.15, 0.2) is 10.7 Å². The fraction of sp³-hybridized carbons (Fsp3) is 0.545. The lowest BCUT2D eigenvalue weighted by atomic mass is 9.90. The second-order valence-electron chi connectivity index (χ2n) is 4.88. The first-order valence-electron chi connectivity index (χ1n) is 5.94. The molecule has 4 N–H and O–H groups in total. The van der Waals surface area contributed by atoms with Crippen molar-refractivity contribution in [2.45, 2.75) is 25.3 Å². The maximum atomic E-state index is 10.7. The van der Waals surface area contributed by atoms with E-state index in [1.165, 1.54) is 0 Å². The Morgan fingerprint density at radius 3 is 2.74 bits per heavy atom. The fourth-order valence-corrected chi connectivity index (χ4v) is 2.30. The molecule has 104 valence electrons. The highest BCUT2D eigenvalue weighted by molar-refractivity contribution is 9.10. The van der Waals surface area contributed by atoms with Gasteiger partial charge >= 0.3 is 6.09 Å². The molecular formula is C11H16BrN5O2. The third-order valence-corrected chi connectivity index (χ3v) is 3.93. The van der Waals surface area contributed by atoms with Crippen molar-refractivity contribution < 1.29 is 9.90 Å². The van der Waals surface area contributed by atoms with Gasteiger partial charge in [-0.2, -0.15) is 4.98 Å². The van der Waals surface area contributed by atoms with Crippen LogP contribution in [0.3, 0.4) is 0 Å². The number of nitrogens with two attached hydrogens (primary N) is 1. The summed E-state index contributed by atoms with van der Waals surface area (Å²) >= 11 is 3.25. The van der Waals surface area contributed by atoms with Gasteiger partial charge in [-0.25, -0.2) is 9.78 Å². The summed E-state index contributed by atoms with van der Waals surface area (Å²) in [6.07, 6.45) is 2.05. The van der Waals surface area contributed by atoms with E-state index in [2.05, 4.69) is 31.2 Å². The van der Waals surface area contributed by atoms with Crippen molar-refractivity contribution in [3.05, 3.63) is 10.7 Å². The van der Waals surface area contributed by atoms with Gasteiger partial charge in [0.2, 0.25) is 5.95 Å². The molecule has 1 aromatic rings. The Morgan fingerprint density at radius 1 is 1.58 bits per heavy atom. The van der Waals surface area contributed by atoms with E-state index < -0.39 is 6.09 Å². The number of nitrogen functional groups attached to an aromatic ring is 1. The quantitative estimate of drug-likeness (QED) is 0.758. The van der Waals surface area contributed by atoms with Crippen LogP contribution < -0.4 is 16.0 Å². The molecule has 8 heteroatoms. The van der Waals surface area contributed by atoms with E-state index in [1.54, 1.807) is 6.20 Å². The van der Waals surface area contributed by atoms with Gasteiger partial charge in [0.1, 0.15) is 5.82 Å². The maximum absolute atomic E-state index is 10.7. The number of halogens is 1. The number of hydrogen-bond acceptors (Lipinski definition) is 5. The molecule has 1 fully saturated rings. The average molecular weight is 330 g/mol. The highest BCUT2D eigenvalue weighted by Gasteiger charge is 2.32. The molecule has 0 bridgehead atoms. The molecule has 1 amide bonds. The van der Waals surface area contributed by atoms with Gasteiger partial charge in [0.25, 0.3) is 0 Å². The van der Waals surface area contributed by atoms with Crippen LogP contribution in [0.2, 0.25) is 0 Å². The first-order valence-corrected chi connectivity index (χ1v) is 6.73. The summed E-state index contributed by atoms with van der Waals surface area (Å²) in [6.45, 7) is 3.30. The lowest BCUT2D eigenvalue weighted by Crippen LogP contribution is -2.53. The number of hydrogen-bond donors (Lipinski definition) is 3. The molecule has 0 aliphatic carbocycles. The van der Waals surface area contributed by atoms with Crippen molar-refractivity contribution in [3.63, 3.8) is 0 Å². The van der Waals surface area contributed by atoms with E-state index in [1.807, 2.05) is 11.8 Å². The van der Waals surface area contributed by atoms with Crippen molar-refractivity contribution >= 4 is 33.8 Å². The summed E-state index contributed by atoms with van der Waals surface area (Å²) < 4.78 is 0.672. The second-order valence-corrected chi connectivity index (χ2v) is 5.74. The van der Waals surface area contributed by atoms with Crippen LogP contribution >= 0.6 is 15.9 Å². The minimum atomic E-state index is -0.986.